The molecule has 0 aromatic heterocycles. The van der Waals surface area contributed by atoms with Crippen LogP contribution in [0, 0.1) is 5.82 Å². The van der Waals surface area contributed by atoms with Crippen molar-refractivity contribution in [2.45, 2.75) is 6.42 Å². The van der Waals surface area contributed by atoms with Crippen LogP contribution in [0.1, 0.15) is 5.56 Å². The number of halogens is 2. The molecule has 0 aliphatic heterocycles. The Bertz CT molecular complexity index is 601. The highest BCUT2D eigenvalue weighted by molar-refractivity contribution is 6.30. The molecule has 0 aliphatic rings. The van der Waals surface area contributed by atoms with Crippen molar-refractivity contribution >= 4 is 17.5 Å². The Morgan fingerprint density at radius 3 is 2.57 bits per heavy atom. The number of carbonyl (C=O) groups excluding carboxylic acids is 1. The maximum atomic E-state index is 13.4. The largest absolute Gasteiger partial charge is 0.484 e. The molecule has 3 nitrogen and oxygen atoms in total. The van der Waals surface area contributed by atoms with Gasteiger partial charge < -0.3 is 10.1 Å². The van der Waals surface area contributed by atoms with Crippen LogP contribution in [-0.4, -0.2) is 19.1 Å². The van der Waals surface area contributed by atoms with Gasteiger partial charge in [-0.25, -0.2) is 4.39 Å². The van der Waals surface area contributed by atoms with E-state index in [1.807, 2.05) is 0 Å². The number of amides is 1. The fourth-order valence-electron chi connectivity index (χ4n) is 1.77. The Balaban J connectivity index is 1.70. The fraction of sp³-hybridized carbons (Fsp3) is 0.188. The monoisotopic (exact) mass is 307 g/mol. The van der Waals surface area contributed by atoms with Gasteiger partial charge in [-0.1, -0.05) is 29.8 Å². The second kappa shape index (κ2) is 7.64. The highest BCUT2D eigenvalue weighted by Gasteiger charge is 2.04. The lowest BCUT2D eigenvalue weighted by Gasteiger charge is -2.08. The van der Waals surface area contributed by atoms with E-state index in [0.29, 0.717) is 29.3 Å². The molecule has 0 fully saturated rings. The molecule has 0 unspecified atom stereocenters. The van der Waals surface area contributed by atoms with Crippen molar-refractivity contribution in [1.29, 1.82) is 0 Å². The first-order valence-corrected chi connectivity index (χ1v) is 6.91. The summed E-state index contributed by atoms with van der Waals surface area (Å²) in [7, 11) is 0. The highest BCUT2D eigenvalue weighted by atomic mass is 35.5. The molecule has 21 heavy (non-hydrogen) atoms. The Hall–Kier alpha value is -2.07. The topological polar surface area (TPSA) is 38.3 Å². The van der Waals surface area contributed by atoms with Gasteiger partial charge in [-0.2, -0.15) is 0 Å². The van der Waals surface area contributed by atoms with Crippen molar-refractivity contribution in [3.63, 3.8) is 0 Å². The molecular weight excluding hydrogens is 293 g/mol. The van der Waals surface area contributed by atoms with Gasteiger partial charge >= 0.3 is 0 Å². The summed E-state index contributed by atoms with van der Waals surface area (Å²) in [6.07, 6.45) is 0.444. The smallest absolute Gasteiger partial charge is 0.257 e. The van der Waals surface area contributed by atoms with Crippen molar-refractivity contribution in [2.75, 3.05) is 13.2 Å². The van der Waals surface area contributed by atoms with Crippen LogP contribution in [-0.2, 0) is 11.2 Å². The molecule has 0 saturated heterocycles. The van der Waals surface area contributed by atoms with Crippen molar-refractivity contribution in [2.24, 2.45) is 0 Å². The predicted octanol–water partition coefficient (Wildman–Crippen LogP) is 3.22. The maximum Gasteiger partial charge on any atom is 0.257 e. The lowest BCUT2D eigenvalue weighted by molar-refractivity contribution is -0.123. The lowest BCUT2D eigenvalue weighted by Crippen LogP contribution is -2.30. The molecule has 1 N–H and O–H groups in total. The summed E-state index contributed by atoms with van der Waals surface area (Å²) in [4.78, 5) is 11.6. The van der Waals surface area contributed by atoms with Crippen molar-refractivity contribution < 1.29 is 13.9 Å². The van der Waals surface area contributed by atoms with Crippen LogP contribution < -0.4 is 10.1 Å². The molecule has 0 saturated carbocycles. The van der Waals surface area contributed by atoms with Gasteiger partial charge in [0.15, 0.2) is 6.61 Å². The number of rotatable bonds is 6. The van der Waals surface area contributed by atoms with Crippen molar-refractivity contribution in [3.8, 4) is 5.75 Å². The second-order valence-electron chi connectivity index (χ2n) is 4.43. The number of hydrogen-bond acceptors (Lipinski definition) is 2. The first-order valence-electron chi connectivity index (χ1n) is 6.53. The number of nitrogens with one attached hydrogen (secondary N) is 1. The molecular formula is C16H15ClFNO2. The molecule has 5 heteroatoms. The minimum absolute atomic E-state index is 0.0844. The van der Waals surface area contributed by atoms with Gasteiger partial charge in [-0.3, -0.25) is 4.79 Å². The summed E-state index contributed by atoms with van der Waals surface area (Å²) < 4.78 is 18.7. The first-order chi connectivity index (χ1) is 10.1. The number of benzene rings is 2. The fourth-order valence-corrected chi connectivity index (χ4v) is 1.89. The van der Waals surface area contributed by atoms with Crippen LogP contribution in [0.5, 0.6) is 5.75 Å². The van der Waals surface area contributed by atoms with E-state index in [0.717, 1.165) is 0 Å². The van der Waals surface area contributed by atoms with Crippen LogP contribution in [0.3, 0.4) is 0 Å². The van der Waals surface area contributed by atoms with Crippen LogP contribution in [0.25, 0.3) is 0 Å². The minimum atomic E-state index is -0.260. The van der Waals surface area contributed by atoms with Crippen molar-refractivity contribution in [3.05, 3.63) is 64.9 Å². The third-order valence-electron chi connectivity index (χ3n) is 2.86. The Morgan fingerprint density at radius 1 is 1.14 bits per heavy atom. The van der Waals surface area contributed by atoms with Crippen LogP contribution in [0.2, 0.25) is 5.02 Å². The Kier molecular flexibility index (Phi) is 5.58. The summed E-state index contributed by atoms with van der Waals surface area (Å²) in [5.74, 6) is 0.0640. The average Bonchev–Trinajstić information content (AvgIpc) is 2.49. The second-order valence-corrected chi connectivity index (χ2v) is 4.87. The lowest BCUT2D eigenvalue weighted by atomic mass is 10.1. The molecule has 2 aromatic carbocycles. The predicted molar refractivity (Wildman–Crippen MR) is 80.1 cm³/mol. The zero-order valence-corrected chi connectivity index (χ0v) is 12.1. The van der Waals surface area contributed by atoms with E-state index in [1.165, 1.54) is 6.07 Å². The molecule has 0 spiro atoms. The van der Waals surface area contributed by atoms with Gasteiger partial charge in [0.1, 0.15) is 11.6 Å². The standard InChI is InChI=1S/C16H15ClFNO2/c17-13-5-7-14(8-6-13)21-11-16(20)19-10-9-12-3-1-2-4-15(12)18/h1-8H,9-11H2,(H,19,20). The third-order valence-corrected chi connectivity index (χ3v) is 3.11. The number of ether oxygens (including phenoxy) is 1. The minimum Gasteiger partial charge on any atom is -0.484 e. The van der Waals surface area contributed by atoms with Gasteiger partial charge in [0.2, 0.25) is 0 Å². The molecule has 0 atom stereocenters. The summed E-state index contributed by atoms with van der Waals surface area (Å²) in [6.45, 7) is 0.280. The number of carbonyl (C=O) groups is 1. The molecule has 2 rings (SSSR count). The van der Waals surface area contributed by atoms with E-state index in [4.69, 9.17) is 16.3 Å². The van der Waals surface area contributed by atoms with Gasteiger partial charge in [0, 0.05) is 11.6 Å². The summed E-state index contributed by atoms with van der Waals surface area (Å²) in [5.41, 5.74) is 0.580. The summed E-state index contributed by atoms with van der Waals surface area (Å²) in [6, 6.07) is 13.3. The first kappa shape index (κ1) is 15.3. The van der Waals surface area contributed by atoms with E-state index in [9.17, 15) is 9.18 Å². The highest BCUT2D eigenvalue weighted by Crippen LogP contribution is 2.15. The van der Waals surface area contributed by atoms with Crippen LogP contribution in [0.4, 0.5) is 4.39 Å². The van der Waals surface area contributed by atoms with Crippen LogP contribution in [0.15, 0.2) is 48.5 Å². The van der Waals surface area contributed by atoms with E-state index < -0.39 is 0 Å². The van der Waals surface area contributed by atoms with Gasteiger partial charge in [0.25, 0.3) is 5.91 Å². The molecule has 110 valence electrons. The summed E-state index contributed by atoms with van der Waals surface area (Å²) >= 11 is 5.75. The zero-order chi connectivity index (χ0) is 15.1. The molecule has 0 bridgehead atoms. The molecule has 0 aliphatic carbocycles. The normalized spacial score (nSPS) is 10.2. The maximum absolute atomic E-state index is 13.4. The number of hydrogen-bond donors (Lipinski definition) is 1. The molecule has 0 radical (unpaired) electrons. The Labute approximate surface area is 127 Å². The average molecular weight is 308 g/mol. The van der Waals surface area contributed by atoms with E-state index >= 15 is 0 Å². The van der Waals surface area contributed by atoms with E-state index in [1.54, 1.807) is 42.5 Å². The molecule has 1 amide bonds. The SMILES string of the molecule is O=C(COc1ccc(Cl)cc1)NCCc1ccccc1F. The van der Waals surface area contributed by atoms with E-state index in [2.05, 4.69) is 5.32 Å². The van der Waals surface area contributed by atoms with Gasteiger partial charge in [-0.15, -0.1) is 0 Å². The third kappa shape index (κ3) is 5.08. The van der Waals surface area contributed by atoms with E-state index in [-0.39, 0.29) is 18.3 Å². The molecule has 0 heterocycles. The zero-order valence-electron chi connectivity index (χ0n) is 11.3. The molecule has 2 aromatic rings. The Morgan fingerprint density at radius 2 is 1.86 bits per heavy atom. The van der Waals surface area contributed by atoms with Crippen LogP contribution >= 0.6 is 11.6 Å². The van der Waals surface area contributed by atoms with Crippen molar-refractivity contribution in [1.82, 2.24) is 5.32 Å². The quantitative estimate of drug-likeness (QED) is 0.890. The summed E-state index contributed by atoms with van der Waals surface area (Å²) in [5, 5.41) is 3.29. The van der Waals surface area contributed by atoms with Gasteiger partial charge in [-0.05, 0) is 42.3 Å². The van der Waals surface area contributed by atoms with Gasteiger partial charge in [0.05, 0.1) is 0 Å².